The van der Waals surface area contributed by atoms with Crippen molar-refractivity contribution >= 4 is 23.6 Å². The summed E-state index contributed by atoms with van der Waals surface area (Å²) in [5.74, 6) is -1.18. The number of carbonyl (C=O) groups is 2. The third kappa shape index (κ3) is 5.22. The van der Waals surface area contributed by atoms with E-state index in [1.807, 2.05) is 12.1 Å². The van der Waals surface area contributed by atoms with Crippen LogP contribution in [0.3, 0.4) is 0 Å². The molecular formula is C19H16N2O4. The molecule has 0 bridgehead atoms. The molecule has 0 aliphatic carbocycles. The Hall–Kier alpha value is -3.59. The van der Waals surface area contributed by atoms with Gasteiger partial charge >= 0.3 is 5.97 Å². The Morgan fingerprint density at radius 3 is 2.36 bits per heavy atom. The van der Waals surface area contributed by atoms with Crippen molar-refractivity contribution in [3.8, 4) is 11.8 Å². The van der Waals surface area contributed by atoms with Crippen molar-refractivity contribution < 1.29 is 19.4 Å². The molecule has 0 radical (unpaired) electrons. The van der Waals surface area contributed by atoms with Crippen molar-refractivity contribution in [1.82, 2.24) is 0 Å². The van der Waals surface area contributed by atoms with Gasteiger partial charge in [-0.05, 0) is 42.8 Å². The van der Waals surface area contributed by atoms with Gasteiger partial charge in [0.1, 0.15) is 17.4 Å². The van der Waals surface area contributed by atoms with Crippen molar-refractivity contribution in [1.29, 1.82) is 5.26 Å². The quantitative estimate of drug-likeness (QED) is 0.624. The molecule has 2 aromatic carbocycles. The number of hydrogen-bond acceptors (Lipinski definition) is 4. The van der Waals surface area contributed by atoms with Gasteiger partial charge < -0.3 is 15.2 Å². The molecule has 1 amide bonds. The van der Waals surface area contributed by atoms with Gasteiger partial charge in [0, 0.05) is 5.69 Å². The summed E-state index contributed by atoms with van der Waals surface area (Å²) >= 11 is 0. The highest BCUT2D eigenvalue weighted by Crippen LogP contribution is 2.17. The molecule has 0 aromatic heterocycles. The van der Waals surface area contributed by atoms with Crippen LogP contribution in [-0.4, -0.2) is 23.1 Å². The molecular weight excluding hydrogens is 320 g/mol. The van der Waals surface area contributed by atoms with Gasteiger partial charge in [-0.25, -0.2) is 4.79 Å². The van der Waals surface area contributed by atoms with Gasteiger partial charge in [-0.3, -0.25) is 4.79 Å². The molecule has 0 spiro atoms. The summed E-state index contributed by atoms with van der Waals surface area (Å²) in [6, 6.07) is 17.1. The average molecular weight is 336 g/mol. The Kier molecular flexibility index (Phi) is 5.91. The number of para-hydroxylation sites is 1. The Balaban J connectivity index is 2.10. The fourth-order valence-corrected chi connectivity index (χ4v) is 1.93. The third-order valence-corrected chi connectivity index (χ3v) is 3.25. The zero-order chi connectivity index (χ0) is 18.2. The van der Waals surface area contributed by atoms with Crippen LogP contribution in [-0.2, 0) is 9.59 Å². The van der Waals surface area contributed by atoms with E-state index in [2.05, 4.69) is 5.32 Å². The molecule has 0 saturated heterocycles. The van der Waals surface area contributed by atoms with E-state index in [0.717, 1.165) is 0 Å². The Morgan fingerprint density at radius 2 is 1.80 bits per heavy atom. The van der Waals surface area contributed by atoms with Crippen LogP contribution in [0.1, 0.15) is 12.5 Å². The number of nitrogens with one attached hydrogen (secondary N) is 1. The molecule has 0 aliphatic rings. The summed E-state index contributed by atoms with van der Waals surface area (Å²) < 4.78 is 5.22. The molecule has 2 aromatic rings. The predicted molar refractivity (Wildman–Crippen MR) is 92.8 cm³/mol. The summed E-state index contributed by atoms with van der Waals surface area (Å²) in [7, 11) is 0. The molecule has 1 atom stereocenters. The summed E-state index contributed by atoms with van der Waals surface area (Å²) in [5.41, 5.74) is 1.17. The number of rotatable bonds is 6. The summed E-state index contributed by atoms with van der Waals surface area (Å²) in [6.07, 6.45) is 0.482. The zero-order valence-corrected chi connectivity index (χ0v) is 13.5. The van der Waals surface area contributed by atoms with Crippen LogP contribution < -0.4 is 10.1 Å². The number of amides is 1. The zero-order valence-electron chi connectivity index (χ0n) is 13.5. The van der Waals surface area contributed by atoms with Crippen LogP contribution in [0.4, 0.5) is 5.69 Å². The Morgan fingerprint density at radius 1 is 1.16 bits per heavy atom. The largest absolute Gasteiger partial charge is 0.479 e. The molecule has 2 rings (SSSR count). The molecule has 25 heavy (non-hydrogen) atoms. The first-order valence-electron chi connectivity index (χ1n) is 7.47. The minimum absolute atomic E-state index is 0.0450. The number of nitrogens with zero attached hydrogens (tertiary/aromatic N) is 1. The van der Waals surface area contributed by atoms with Crippen molar-refractivity contribution in [2.24, 2.45) is 0 Å². The molecule has 0 fully saturated rings. The number of ether oxygens (including phenoxy) is 1. The second-order valence-corrected chi connectivity index (χ2v) is 5.16. The molecule has 0 aliphatic heterocycles. The average Bonchev–Trinajstić information content (AvgIpc) is 2.61. The fourth-order valence-electron chi connectivity index (χ4n) is 1.93. The van der Waals surface area contributed by atoms with Crippen molar-refractivity contribution in [3.63, 3.8) is 0 Å². The number of nitriles is 1. The third-order valence-electron chi connectivity index (χ3n) is 3.25. The van der Waals surface area contributed by atoms with E-state index < -0.39 is 18.0 Å². The smallest absolute Gasteiger partial charge is 0.344 e. The number of carbonyl (C=O) groups excluding carboxylic acids is 1. The van der Waals surface area contributed by atoms with Crippen LogP contribution in [0.2, 0.25) is 0 Å². The lowest BCUT2D eigenvalue weighted by atomic mass is 10.1. The number of anilines is 1. The van der Waals surface area contributed by atoms with E-state index in [1.165, 1.54) is 13.0 Å². The van der Waals surface area contributed by atoms with Gasteiger partial charge in [-0.15, -0.1) is 0 Å². The normalized spacial score (nSPS) is 11.9. The summed E-state index contributed by atoms with van der Waals surface area (Å²) in [5, 5.41) is 20.7. The first-order valence-corrected chi connectivity index (χ1v) is 7.47. The molecule has 0 unspecified atom stereocenters. The molecule has 0 heterocycles. The minimum atomic E-state index is -1.06. The lowest BCUT2D eigenvalue weighted by Crippen LogP contribution is -2.22. The highest BCUT2D eigenvalue weighted by molar-refractivity contribution is 6.09. The maximum atomic E-state index is 12.1. The van der Waals surface area contributed by atoms with E-state index in [9.17, 15) is 14.9 Å². The van der Waals surface area contributed by atoms with Crippen molar-refractivity contribution in [2.45, 2.75) is 13.0 Å². The molecule has 6 nitrogen and oxygen atoms in total. The van der Waals surface area contributed by atoms with E-state index in [1.54, 1.807) is 48.5 Å². The number of aliphatic carboxylic acids is 1. The maximum absolute atomic E-state index is 12.1. The Labute approximate surface area is 145 Å². The minimum Gasteiger partial charge on any atom is -0.479 e. The van der Waals surface area contributed by atoms with Crippen LogP contribution >= 0.6 is 0 Å². The van der Waals surface area contributed by atoms with Gasteiger partial charge in [0.05, 0.1) is 0 Å². The lowest BCUT2D eigenvalue weighted by molar-refractivity contribution is -0.144. The topological polar surface area (TPSA) is 99.4 Å². The van der Waals surface area contributed by atoms with Crippen molar-refractivity contribution in [2.75, 3.05) is 5.32 Å². The van der Waals surface area contributed by atoms with E-state index >= 15 is 0 Å². The van der Waals surface area contributed by atoms with Gasteiger partial charge in [0.2, 0.25) is 0 Å². The highest BCUT2D eigenvalue weighted by Gasteiger charge is 2.12. The van der Waals surface area contributed by atoms with Crippen LogP contribution in [0.15, 0.2) is 60.2 Å². The van der Waals surface area contributed by atoms with E-state index in [4.69, 9.17) is 9.84 Å². The second kappa shape index (κ2) is 8.31. The van der Waals surface area contributed by atoms with Gasteiger partial charge in [-0.1, -0.05) is 30.3 Å². The van der Waals surface area contributed by atoms with E-state index in [0.29, 0.717) is 17.0 Å². The van der Waals surface area contributed by atoms with E-state index in [-0.39, 0.29) is 5.57 Å². The standard InChI is InChI=1S/C19H16N2O4/c1-13(19(23)24)25-17-9-7-14(8-10-17)11-15(12-20)18(22)21-16-5-3-2-4-6-16/h2-11,13H,1H3,(H,21,22)(H,23,24)/b15-11+/t13-/m0/s1. The molecule has 0 saturated carbocycles. The fraction of sp³-hybridized carbons (Fsp3) is 0.105. The van der Waals surface area contributed by atoms with Crippen LogP contribution in [0.25, 0.3) is 6.08 Å². The van der Waals surface area contributed by atoms with Gasteiger partial charge in [0.15, 0.2) is 6.10 Å². The number of hydrogen-bond donors (Lipinski definition) is 2. The van der Waals surface area contributed by atoms with Crippen LogP contribution in [0, 0.1) is 11.3 Å². The summed E-state index contributed by atoms with van der Waals surface area (Å²) in [4.78, 5) is 22.9. The summed E-state index contributed by atoms with van der Waals surface area (Å²) in [6.45, 7) is 1.43. The van der Waals surface area contributed by atoms with Crippen LogP contribution in [0.5, 0.6) is 5.75 Å². The molecule has 126 valence electrons. The SMILES string of the molecule is C[C@H](Oc1ccc(/C=C(\C#N)C(=O)Nc2ccccc2)cc1)C(=O)O. The van der Waals surface area contributed by atoms with Gasteiger partial charge in [0.25, 0.3) is 5.91 Å². The monoisotopic (exact) mass is 336 g/mol. The van der Waals surface area contributed by atoms with Crippen molar-refractivity contribution in [3.05, 3.63) is 65.7 Å². The van der Waals surface area contributed by atoms with Gasteiger partial charge in [-0.2, -0.15) is 5.26 Å². The molecule has 6 heteroatoms. The first-order chi connectivity index (χ1) is 12.0. The maximum Gasteiger partial charge on any atom is 0.344 e. The number of carboxylic acid groups (broad SMARTS) is 1. The highest BCUT2D eigenvalue weighted by atomic mass is 16.5. The number of carboxylic acids is 1. The lowest BCUT2D eigenvalue weighted by Gasteiger charge is -2.10. The predicted octanol–water partition coefficient (Wildman–Crippen LogP) is 3.08. The first kappa shape index (κ1) is 17.8. The second-order valence-electron chi connectivity index (χ2n) is 5.16. The number of benzene rings is 2. The Bertz CT molecular complexity index is 821. The molecule has 2 N–H and O–H groups in total.